The Labute approximate surface area is 125 Å². The summed E-state index contributed by atoms with van der Waals surface area (Å²) in [7, 11) is 0. The van der Waals surface area contributed by atoms with Crippen molar-refractivity contribution in [1.29, 1.82) is 0 Å². The second-order valence-corrected chi connectivity index (χ2v) is 3.05. The van der Waals surface area contributed by atoms with Crippen LogP contribution in [0.3, 0.4) is 0 Å². The molecule has 4 heteroatoms. The normalized spacial score (nSPS) is 8.81. The molecule has 0 atom stereocenters. The minimum absolute atomic E-state index is 0. The number of nitrogens with zero attached hydrogens (tertiary/aromatic N) is 1. The zero-order valence-corrected chi connectivity index (χ0v) is 11.0. The summed E-state index contributed by atoms with van der Waals surface area (Å²) in [5.74, 6) is 0.630. The maximum Gasteiger partial charge on any atom is 0.171 e. The molecule has 0 aliphatic rings. The number of aldehydes is 1. The van der Waals surface area contributed by atoms with Gasteiger partial charge in [-0.1, -0.05) is 29.4 Å². The minimum Gasteiger partial charge on any atom is -0.358 e. The molecule has 2 aromatic rings. The van der Waals surface area contributed by atoms with Crippen LogP contribution in [-0.2, 0) is 0 Å². The molecule has 0 aliphatic heterocycles. The molecule has 3 nitrogen and oxygen atoms in total. The molecular weight excluding hydrogens is 355 g/mol. The average Bonchev–Trinajstić information content (AvgIpc) is 2.67. The molecule has 1 aromatic heterocycles. The molecule has 0 saturated carbocycles. The number of hydrogen-bond donors (Lipinski definition) is 0. The Morgan fingerprint density at radius 2 is 2.00 bits per heavy atom. The van der Waals surface area contributed by atoms with Gasteiger partial charge in [0.1, 0.15) is 5.69 Å². The van der Waals surface area contributed by atoms with Crippen LogP contribution in [0.1, 0.15) is 16.1 Å². The van der Waals surface area contributed by atoms with Crippen molar-refractivity contribution >= 4 is 6.29 Å². The van der Waals surface area contributed by atoms with Gasteiger partial charge in [-0.3, -0.25) is 4.79 Å². The van der Waals surface area contributed by atoms with Crippen molar-refractivity contribution in [3.63, 3.8) is 0 Å². The molecule has 0 unspecified atom stereocenters. The van der Waals surface area contributed by atoms with Crippen molar-refractivity contribution in [3.8, 4) is 11.3 Å². The first-order valence-corrected chi connectivity index (χ1v) is 4.29. The van der Waals surface area contributed by atoms with Crippen LogP contribution in [0.4, 0.5) is 0 Å². The Morgan fingerprint density at radius 1 is 1.31 bits per heavy atom. The second-order valence-electron chi connectivity index (χ2n) is 3.05. The van der Waals surface area contributed by atoms with Gasteiger partial charge in [-0.25, -0.2) is 0 Å². The third-order valence-electron chi connectivity index (χ3n) is 2.06. The molecule has 1 aromatic carbocycles. The molecular formula is C12H12HoNO2-. The fourth-order valence-electron chi connectivity index (χ4n) is 1.32. The molecule has 0 fully saturated rings. The topological polar surface area (TPSA) is 43.1 Å². The maximum absolute atomic E-state index is 10.4. The van der Waals surface area contributed by atoms with Crippen molar-refractivity contribution in [2.24, 2.45) is 0 Å². The predicted molar refractivity (Wildman–Crippen MR) is 58.5 cm³/mol. The van der Waals surface area contributed by atoms with Crippen LogP contribution >= 0.6 is 0 Å². The van der Waals surface area contributed by atoms with E-state index in [0.717, 1.165) is 11.1 Å². The average molecular weight is 367 g/mol. The van der Waals surface area contributed by atoms with E-state index in [1.165, 1.54) is 0 Å². The fraction of sp³-hybridized carbons (Fsp3) is 0.0833. The van der Waals surface area contributed by atoms with Gasteiger partial charge in [-0.15, -0.1) is 0 Å². The van der Waals surface area contributed by atoms with E-state index in [4.69, 9.17) is 4.52 Å². The van der Waals surface area contributed by atoms with Gasteiger partial charge in [0.2, 0.25) is 0 Å². The van der Waals surface area contributed by atoms with Gasteiger partial charge in [0, 0.05) is 49.4 Å². The van der Waals surface area contributed by atoms with Gasteiger partial charge in [-0.2, -0.15) is 0 Å². The summed E-state index contributed by atoms with van der Waals surface area (Å²) in [5.41, 5.74) is 2.39. The van der Waals surface area contributed by atoms with Crippen molar-refractivity contribution in [3.05, 3.63) is 49.0 Å². The first kappa shape index (κ1) is 15.4. The largest absolute Gasteiger partial charge is 0.358 e. The third-order valence-corrected chi connectivity index (χ3v) is 2.06. The SMILES string of the molecule is Cc1ccccc1-c1cc(C=O)no1.[CH3-].[Ho]. The quantitative estimate of drug-likeness (QED) is 0.466. The third kappa shape index (κ3) is 3.17. The van der Waals surface area contributed by atoms with E-state index in [1.54, 1.807) is 6.07 Å². The summed E-state index contributed by atoms with van der Waals surface area (Å²) in [4.78, 5) is 10.4. The van der Waals surface area contributed by atoms with Gasteiger partial charge >= 0.3 is 0 Å². The zero-order valence-electron chi connectivity index (χ0n) is 9.03. The Kier molecular flexibility index (Phi) is 6.56. The first-order valence-electron chi connectivity index (χ1n) is 4.29. The van der Waals surface area contributed by atoms with Crippen LogP contribution in [0.5, 0.6) is 0 Å². The first-order chi connectivity index (χ1) is 6.81. The molecule has 0 aliphatic carbocycles. The van der Waals surface area contributed by atoms with Crippen molar-refractivity contribution in [1.82, 2.24) is 5.16 Å². The number of carbonyl (C=O) groups is 1. The minimum atomic E-state index is 0. The van der Waals surface area contributed by atoms with Gasteiger partial charge in [0.25, 0.3) is 0 Å². The Hall–Kier alpha value is -0.640. The van der Waals surface area contributed by atoms with Gasteiger partial charge in [0.05, 0.1) is 0 Å². The Balaban J connectivity index is 0.00000112. The molecule has 1 heterocycles. The zero-order chi connectivity index (χ0) is 9.97. The summed E-state index contributed by atoms with van der Waals surface area (Å²) >= 11 is 0. The molecule has 1 radical (unpaired) electrons. The molecule has 0 saturated heterocycles. The number of aryl methyl sites for hydroxylation is 1. The predicted octanol–water partition coefficient (Wildman–Crippen LogP) is 2.91. The number of carbonyl (C=O) groups excluding carboxylic acids is 1. The Bertz CT molecular complexity index is 466. The standard InChI is InChI=1S/C11H9NO2.CH3.Ho/c1-8-4-2-3-5-10(8)11-6-9(7-13)12-14-11;;/h2-7H,1H3;1H3;/q;-1;. The monoisotopic (exact) mass is 367 g/mol. The summed E-state index contributed by atoms with van der Waals surface area (Å²) in [6.45, 7) is 1.98. The smallest absolute Gasteiger partial charge is 0.171 e. The molecule has 0 amide bonds. The molecule has 0 N–H and O–H groups in total. The van der Waals surface area contributed by atoms with Crippen LogP contribution in [-0.4, -0.2) is 11.4 Å². The van der Waals surface area contributed by atoms with Crippen LogP contribution in [0, 0.1) is 52.1 Å². The van der Waals surface area contributed by atoms with Gasteiger partial charge in [-0.05, 0) is 12.5 Å². The van der Waals surface area contributed by atoms with E-state index in [1.807, 2.05) is 31.2 Å². The molecule has 2 rings (SSSR count). The van der Waals surface area contributed by atoms with E-state index in [-0.39, 0.29) is 45.2 Å². The van der Waals surface area contributed by atoms with Crippen LogP contribution < -0.4 is 0 Å². The van der Waals surface area contributed by atoms with E-state index in [0.29, 0.717) is 17.7 Å². The van der Waals surface area contributed by atoms with Crippen molar-refractivity contribution < 1.29 is 47.1 Å². The van der Waals surface area contributed by atoms with Crippen molar-refractivity contribution in [2.75, 3.05) is 0 Å². The number of hydrogen-bond acceptors (Lipinski definition) is 3. The van der Waals surface area contributed by atoms with Crippen LogP contribution in [0.15, 0.2) is 34.9 Å². The number of rotatable bonds is 2. The van der Waals surface area contributed by atoms with E-state index in [9.17, 15) is 4.79 Å². The summed E-state index contributed by atoms with van der Waals surface area (Å²) in [5, 5.41) is 3.61. The van der Waals surface area contributed by atoms with E-state index in [2.05, 4.69) is 5.16 Å². The Morgan fingerprint density at radius 3 is 2.56 bits per heavy atom. The van der Waals surface area contributed by atoms with Gasteiger partial charge < -0.3 is 11.9 Å². The van der Waals surface area contributed by atoms with E-state index < -0.39 is 0 Å². The molecule has 89 valence electrons. The summed E-state index contributed by atoms with van der Waals surface area (Å²) in [6.07, 6.45) is 0.672. The van der Waals surface area contributed by atoms with Gasteiger partial charge in [0.15, 0.2) is 12.0 Å². The summed E-state index contributed by atoms with van der Waals surface area (Å²) < 4.78 is 5.04. The molecule has 16 heavy (non-hydrogen) atoms. The molecule has 0 bridgehead atoms. The van der Waals surface area contributed by atoms with E-state index >= 15 is 0 Å². The number of benzene rings is 1. The second kappa shape index (κ2) is 6.84. The van der Waals surface area contributed by atoms with Crippen LogP contribution in [0.25, 0.3) is 11.3 Å². The fourth-order valence-corrected chi connectivity index (χ4v) is 1.32. The summed E-state index contributed by atoms with van der Waals surface area (Å²) in [6, 6.07) is 9.43. The number of aromatic nitrogens is 1. The van der Waals surface area contributed by atoms with Crippen LogP contribution in [0.2, 0.25) is 0 Å². The molecule has 0 spiro atoms. The van der Waals surface area contributed by atoms with Crippen molar-refractivity contribution in [2.45, 2.75) is 6.92 Å². The maximum atomic E-state index is 10.4.